The highest BCUT2D eigenvalue weighted by Gasteiger charge is 2.69. The highest BCUT2D eigenvalue weighted by atomic mass is 19.3. The molecule has 8 atom stereocenters. The molecule has 1 aliphatic heterocycles. The number of hydrogen-bond donors (Lipinski definition) is 10. The lowest BCUT2D eigenvalue weighted by atomic mass is 9.88. The monoisotopic (exact) mass is 544 g/mol. The number of alkyl halides is 2. The molecule has 0 saturated carbocycles. The number of nitrogens with two attached hydrogens (primary N) is 1. The fraction of sp³-hybridized carbons (Fsp3) is 0.800. The molecule has 0 aliphatic carbocycles. The van der Waals surface area contributed by atoms with Gasteiger partial charge < -0.3 is 57.1 Å². The fourth-order valence-corrected chi connectivity index (χ4v) is 3.30. The van der Waals surface area contributed by atoms with Crippen LogP contribution in [0, 0.1) is 0 Å². The first-order valence-electron chi connectivity index (χ1n) is 11.3. The largest absolute Gasteiger partial charge is 0.480 e. The van der Waals surface area contributed by atoms with Crippen LogP contribution in [-0.2, 0) is 23.9 Å². The molecule has 0 spiro atoms. The van der Waals surface area contributed by atoms with Gasteiger partial charge >= 0.3 is 11.9 Å². The van der Waals surface area contributed by atoms with Gasteiger partial charge in [-0.1, -0.05) is 0 Å². The van der Waals surface area contributed by atoms with Gasteiger partial charge in [-0.3, -0.25) is 19.2 Å². The quantitative estimate of drug-likeness (QED) is 0.0984. The first-order chi connectivity index (χ1) is 17.0. The standard InChI is InChI=1S/C20H34F2N4O11/c1-8(15(31)26-9(2)17(33)34)25-16(32)10(23)5-3-4-6-24-18(35)19(21,22)20(36)14(30)13(29)12(28)11(7-27)37-20/h8-14,27-30,36H,3-7,23H2,1-2H3,(H,24,35)(H,25,32)(H,26,31)(H,33,34)/t8-,9-,10-,11+,12-,13-,14+,20+/m0/s1. The molecule has 3 amide bonds. The zero-order valence-corrected chi connectivity index (χ0v) is 20.1. The van der Waals surface area contributed by atoms with E-state index >= 15 is 0 Å². The van der Waals surface area contributed by atoms with E-state index < -0.39 is 84.5 Å². The van der Waals surface area contributed by atoms with Crippen molar-refractivity contribution >= 4 is 23.7 Å². The molecule has 1 saturated heterocycles. The van der Waals surface area contributed by atoms with Gasteiger partial charge in [0.1, 0.15) is 36.5 Å². The molecule has 0 unspecified atom stereocenters. The first-order valence-corrected chi connectivity index (χ1v) is 11.3. The Kier molecular flexibility index (Phi) is 11.7. The van der Waals surface area contributed by atoms with Crippen LogP contribution >= 0.6 is 0 Å². The summed E-state index contributed by atoms with van der Waals surface area (Å²) < 4.78 is 33.8. The Morgan fingerprint density at radius 2 is 1.59 bits per heavy atom. The molecular formula is C20H34F2N4O11. The van der Waals surface area contributed by atoms with Crippen molar-refractivity contribution in [1.29, 1.82) is 0 Å². The summed E-state index contributed by atoms with van der Waals surface area (Å²) in [5.74, 6) is -13.6. The molecule has 1 heterocycles. The van der Waals surface area contributed by atoms with E-state index in [4.69, 9.17) is 15.9 Å². The zero-order chi connectivity index (χ0) is 28.7. The van der Waals surface area contributed by atoms with Gasteiger partial charge in [-0.15, -0.1) is 0 Å². The van der Waals surface area contributed by atoms with Gasteiger partial charge in [0, 0.05) is 6.54 Å². The summed E-state index contributed by atoms with van der Waals surface area (Å²) in [5.41, 5.74) is 5.72. The number of unbranched alkanes of at least 4 members (excludes halogenated alkanes) is 1. The molecule has 1 aliphatic rings. The molecule has 15 nitrogen and oxygen atoms in total. The van der Waals surface area contributed by atoms with Gasteiger partial charge in [-0.25, -0.2) is 0 Å². The molecular weight excluding hydrogens is 510 g/mol. The lowest BCUT2D eigenvalue weighted by molar-refractivity contribution is -0.401. The SMILES string of the molecule is C[C@H](NC(=O)[C@H](C)NC(=O)[C@@H](N)CCCCNC(=O)C(F)(F)[C@]1(O)O[C@H](CO)[C@H](O)[C@H](O)[C@H]1O)C(=O)O. The number of ether oxygens (including phenoxy) is 1. The van der Waals surface area contributed by atoms with Crippen LogP contribution in [0.1, 0.15) is 33.1 Å². The van der Waals surface area contributed by atoms with Gasteiger partial charge in [0.15, 0.2) is 0 Å². The number of rotatable bonds is 13. The molecule has 1 fully saturated rings. The topological polar surface area (TPSA) is 261 Å². The maximum absolute atomic E-state index is 14.6. The Morgan fingerprint density at radius 3 is 2.14 bits per heavy atom. The van der Waals surface area contributed by atoms with Crippen molar-refractivity contribution in [2.75, 3.05) is 13.2 Å². The number of carboxylic acid groups (broad SMARTS) is 1. The average Bonchev–Trinajstić information content (AvgIpc) is 2.83. The number of aliphatic hydroxyl groups excluding tert-OH is 4. The Morgan fingerprint density at radius 1 is 1.03 bits per heavy atom. The summed E-state index contributed by atoms with van der Waals surface area (Å²) in [6, 6.07) is -3.38. The number of carbonyl (C=O) groups excluding carboxylic acids is 3. The van der Waals surface area contributed by atoms with E-state index in [-0.39, 0.29) is 25.8 Å². The summed E-state index contributed by atoms with van der Waals surface area (Å²) >= 11 is 0. The van der Waals surface area contributed by atoms with Gasteiger partial charge in [0.05, 0.1) is 12.6 Å². The summed E-state index contributed by atoms with van der Waals surface area (Å²) in [6.07, 6.45) is -8.85. The van der Waals surface area contributed by atoms with Crippen LogP contribution in [0.25, 0.3) is 0 Å². The van der Waals surface area contributed by atoms with Crippen molar-refractivity contribution in [2.24, 2.45) is 5.73 Å². The van der Waals surface area contributed by atoms with E-state index in [0.29, 0.717) is 0 Å². The number of aliphatic carboxylic acids is 1. The zero-order valence-electron chi connectivity index (χ0n) is 20.1. The summed E-state index contributed by atoms with van der Waals surface area (Å²) in [5, 5.41) is 63.5. The van der Waals surface area contributed by atoms with E-state index in [2.05, 4.69) is 15.4 Å². The Labute approximate surface area is 210 Å². The van der Waals surface area contributed by atoms with Gasteiger partial charge in [-0.2, -0.15) is 8.78 Å². The van der Waals surface area contributed by atoms with Crippen LogP contribution < -0.4 is 21.7 Å². The summed E-state index contributed by atoms with van der Waals surface area (Å²) in [7, 11) is 0. The fourth-order valence-electron chi connectivity index (χ4n) is 3.30. The van der Waals surface area contributed by atoms with Crippen LogP contribution in [0.4, 0.5) is 8.78 Å². The third kappa shape index (κ3) is 7.73. The van der Waals surface area contributed by atoms with Crippen LogP contribution in [0.2, 0.25) is 0 Å². The second-order valence-electron chi connectivity index (χ2n) is 8.69. The van der Waals surface area contributed by atoms with Crippen LogP contribution in [0.5, 0.6) is 0 Å². The minimum atomic E-state index is -4.81. The van der Waals surface area contributed by atoms with Crippen molar-refractivity contribution in [1.82, 2.24) is 16.0 Å². The molecule has 1 rings (SSSR count). The van der Waals surface area contributed by atoms with Crippen LogP contribution in [0.15, 0.2) is 0 Å². The predicted octanol–water partition coefficient (Wildman–Crippen LogP) is -4.51. The number of aliphatic hydroxyl groups is 5. The average molecular weight is 545 g/mol. The molecule has 0 aromatic heterocycles. The molecule has 37 heavy (non-hydrogen) atoms. The molecule has 0 radical (unpaired) electrons. The minimum absolute atomic E-state index is 0.0198. The number of hydrogen-bond acceptors (Lipinski definition) is 11. The van der Waals surface area contributed by atoms with E-state index in [1.54, 1.807) is 0 Å². The molecule has 17 heteroatoms. The number of carbonyl (C=O) groups is 4. The Hall–Kier alpha value is -2.54. The predicted molar refractivity (Wildman–Crippen MR) is 118 cm³/mol. The van der Waals surface area contributed by atoms with Crippen molar-refractivity contribution in [3.8, 4) is 0 Å². The van der Waals surface area contributed by atoms with Gasteiger partial charge in [-0.05, 0) is 33.1 Å². The summed E-state index contributed by atoms with van der Waals surface area (Å²) in [4.78, 5) is 46.8. The van der Waals surface area contributed by atoms with Gasteiger partial charge in [0.2, 0.25) is 11.8 Å². The molecule has 11 N–H and O–H groups in total. The first kappa shape index (κ1) is 32.5. The van der Waals surface area contributed by atoms with Crippen LogP contribution in [0.3, 0.4) is 0 Å². The molecule has 0 aromatic carbocycles. The molecule has 0 aromatic rings. The lowest BCUT2D eigenvalue weighted by Gasteiger charge is -2.47. The molecule has 214 valence electrons. The van der Waals surface area contributed by atoms with E-state index in [1.165, 1.54) is 13.8 Å². The smallest absolute Gasteiger partial charge is 0.379 e. The second kappa shape index (κ2) is 13.3. The van der Waals surface area contributed by atoms with E-state index in [1.807, 2.05) is 5.32 Å². The number of carboxylic acids is 1. The van der Waals surface area contributed by atoms with E-state index in [9.17, 15) is 48.4 Å². The maximum Gasteiger partial charge on any atom is 0.379 e. The maximum atomic E-state index is 14.6. The van der Waals surface area contributed by atoms with Gasteiger partial charge in [0.25, 0.3) is 11.7 Å². The third-order valence-electron chi connectivity index (χ3n) is 5.75. The third-order valence-corrected chi connectivity index (χ3v) is 5.75. The Balaban J connectivity index is 2.52. The highest BCUT2D eigenvalue weighted by molar-refractivity contribution is 5.91. The lowest BCUT2D eigenvalue weighted by Crippen LogP contribution is -2.73. The second-order valence-corrected chi connectivity index (χ2v) is 8.69. The Bertz CT molecular complexity index is 834. The van der Waals surface area contributed by atoms with E-state index in [0.717, 1.165) is 0 Å². The van der Waals surface area contributed by atoms with Crippen molar-refractivity contribution in [3.63, 3.8) is 0 Å². The normalized spacial score (nSPS) is 28.5. The van der Waals surface area contributed by atoms with Crippen molar-refractivity contribution in [2.45, 2.75) is 87.4 Å². The van der Waals surface area contributed by atoms with Crippen molar-refractivity contribution < 1.29 is 63.3 Å². The number of nitrogens with one attached hydrogen (secondary N) is 3. The summed E-state index contributed by atoms with van der Waals surface area (Å²) in [6.45, 7) is 1.06. The molecule has 0 bridgehead atoms. The van der Waals surface area contributed by atoms with Crippen molar-refractivity contribution in [3.05, 3.63) is 0 Å². The number of amides is 3. The van der Waals surface area contributed by atoms with Crippen LogP contribution in [-0.4, -0.2) is 122 Å². The minimum Gasteiger partial charge on any atom is -0.480 e. The number of halogens is 2. The highest BCUT2D eigenvalue weighted by Crippen LogP contribution is 2.39.